The largest absolute Gasteiger partial charge is 0.507 e. The number of phenolic OH excluding ortho intramolecular Hbond substituents is 2. The Morgan fingerprint density at radius 3 is 1.52 bits per heavy atom. The van der Waals surface area contributed by atoms with E-state index in [-0.39, 0.29) is 11.5 Å². The highest BCUT2D eigenvalue weighted by Gasteiger charge is 2.44. The number of aromatic hydroxyl groups is 2. The van der Waals surface area contributed by atoms with Gasteiger partial charge in [-0.1, -0.05) is 86.0 Å². The summed E-state index contributed by atoms with van der Waals surface area (Å²) in [6.07, 6.45) is 10.7. The predicted octanol–water partition coefficient (Wildman–Crippen LogP) is 8.12. The van der Waals surface area contributed by atoms with Crippen molar-refractivity contribution in [2.75, 3.05) is 6.16 Å². The van der Waals surface area contributed by atoms with E-state index in [2.05, 4.69) is 91.0 Å². The summed E-state index contributed by atoms with van der Waals surface area (Å²) < 4.78 is 0. The van der Waals surface area contributed by atoms with Crippen molar-refractivity contribution >= 4 is 29.3 Å². The average molecular weight is 582 g/mol. The summed E-state index contributed by atoms with van der Waals surface area (Å²) >= 11 is 0. The normalized spacial score (nSPS) is 13.4. The lowest BCUT2D eigenvalue weighted by Crippen LogP contribution is -2.33. The lowest BCUT2D eigenvalue weighted by Gasteiger charge is -2.27. The van der Waals surface area contributed by atoms with E-state index in [1.807, 2.05) is 6.92 Å². The lowest BCUT2D eigenvalue weighted by atomic mass is 9.93. The van der Waals surface area contributed by atoms with Crippen LogP contribution < -0.4 is 15.9 Å². The molecule has 0 saturated carbocycles. The molecular formula is C38H46O3P+. The maximum Gasteiger partial charge on any atom is 0.126 e. The first-order chi connectivity index (χ1) is 20.2. The summed E-state index contributed by atoms with van der Waals surface area (Å²) in [6.45, 7) is 7.20. The van der Waals surface area contributed by atoms with Gasteiger partial charge in [-0.3, -0.25) is 0 Å². The Morgan fingerprint density at radius 1 is 0.595 bits per heavy atom. The van der Waals surface area contributed by atoms with Gasteiger partial charge in [0.2, 0.25) is 0 Å². The van der Waals surface area contributed by atoms with E-state index >= 15 is 0 Å². The van der Waals surface area contributed by atoms with Crippen molar-refractivity contribution in [2.24, 2.45) is 0 Å². The first kappa shape index (κ1) is 31.5. The van der Waals surface area contributed by atoms with Crippen molar-refractivity contribution in [3.05, 3.63) is 119 Å². The van der Waals surface area contributed by atoms with Gasteiger partial charge in [0, 0.05) is 11.1 Å². The second-order valence-corrected chi connectivity index (χ2v) is 15.4. The molecule has 0 bridgehead atoms. The van der Waals surface area contributed by atoms with Gasteiger partial charge in [-0.25, -0.2) is 0 Å². The van der Waals surface area contributed by atoms with Gasteiger partial charge in [0.15, 0.2) is 0 Å². The summed E-state index contributed by atoms with van der Waals surface area (Å²) in [5, 5.41) is 36.3. The van der Waals surface area contributed by atoms with Crippen molar-refractivity contribution in [2.45, 2.75) is 71.8 Å². The molecule has 220 valence electrons. The number of rotatable bonds is 13. The second kappa shape index (κ2) is 14.2. The fourth-order valence-electron chi connectivity index (χ4n) is 5.94. The topological polar surface area (TPSA) is 60.7 Å². The van der Waals surface area contributed by atoms with Crippen LogP contribution in [0.2, 0.25) is 0 Å². The van der Waals surface area contributed by atoms with Crippen LogP contribution in [0.15, 0.2) is 97.1 Å². The molecule has 0 heterocycles. The van der Waals surface area contributed by atoms with Gasteiger partial charge in [-0.05, 0) is 94.5 Å². The summed E-state index contributed by atoms with van der Waals surface area (Å²) in [6, 6.07) is 33.2. The zero-order valence-corrected chi connectivity index (χ0v) is 26.4. The molecule has 4 aromatic carbocycles. The highest BCUT2D eigenvalue weighted by atomic mass is 31.2. The fraction of sp³-hybridized carbons (Fsp3) is 0.316. The Labute approximate surface area is 252 Å². The smallest absolute Gasteiger partial charge is 0.126 e. The van der Waals surface area contributed by atoms with E-state index < -0.39 is 12.9 Å². The molecule has 0 aliphatic heterocycles. The Hall–Kier alpha value is -3.39. The first-order valence-electron chi connectivity index (χ1n) is 15.2. The molecule has 0 spiro atoms. The van der Waals surface area contributed by atoms with Crippen LogP contribution in [0.3, 0.4) is 0 Å². The molecule has 42 heavy (non-hydrogen) atoms. The van der Waals surface area contributed by atoms with E-state index in [1.165, 1.54) is 15.9 Å². The van der Waals surface area contributed by atoms with Crippen LogP contribution in [0.25, 0.3) is 6.08 Å². The van der Waals surface area contributed by atoms with Crippen LogP contribution in [0.4, 0.5) is 0 Å². The van der Waals surface area contributed by atoms with Crippen molar-refractivity contribution in [3.8, 4) is 11.5 Å². The van der Waals surface area contributed by atoms with Gasteiger partial charge in [0.25, 0.3) is 0 Å². The molecule has 3 nitrogen and oxygen atoms in total. The number of hydrogen-bond donors (Lipinski definition) is 3. The Kier molecular flexibility index (Phi) is 10.7. The lowest BCUT2D eigenvalue weighted by molar-refractivity contribution is 0.0993. The Bertz CT molecular complexity index is 1340. The van der Waals surface area contributed by atoms with Crippen LogP contribution in [0, 0.1) is 20.8 Å². The molecule has 3 N–H and O–H groups in total. The third kappa shape index (κ3) is 7.14. The van der Waals surface area contributed by atoms with E-state index in [9.17, 15) is 15.3 Å². The molecule has 1 atom stereocenters. The summed E-state index contributed by atoms with van der Waals surface area (Å²) in [5.74, 6) is 0.359. The number of hydrogen-bond acceptors (Lipinski definition) is 3. The molecule has 0 aliphatic carbocycles. The van der Waals surface area contributed by atoms with Gasteiger partial charge >= 0.3 is 0 Å². The second-order valence-electron chi connectivity index (χ2n) is 11.7. The first-order valence-corrected chi connectivity index (χ1v) is 17.1. The predicted molar refractivity (Wildman–Crippen MR) is 181 cm³/mol. The molecule has 1 unspecified atom stereocenters. The molecule has 0 amide bonds. The molecule has 4 rings (SSSR count). The highest BCUT2D eigenvalue weighted by molar-refractivity contribution is 7.95. The Balaban J connectivity index is 1.37. The van der Waals surface area contributed by atoms with Crippen LogP contribution in [-0.2, 0) is 0 Å². The molecule has 0 saturated heterocycles. The number of phenols is 2. The van der Waals surface area contributed by atoms with Crippen molar-refractivity contribution in [1.82, 2.24) is 0 Å². The summed E-state index contributed by atoms with van der Waals surface area (Å²) in [5.41, 5.74) is 1.56. The van der Waals surface area contributed by atoms with Gasteiger partial charge in [0.1, 0.15) is 34.7 Å². The van der Waals surface area contributed by atoms with Crippen LogP contribution in [0.1, 0.15) is 67.7 Å². The zero-order chi connectivity index (χ0) is 30.2. The van der Waals surface area contributed by atoms with Gasteiger partial charge in [-0.15, -0.1) is 0 Å². The minimum atomic E-state index is -1.78. The quantitative estimate of drug-likeness (QED) is 0.0849. The van der Waals surface area contributed by atoms with Gasteiger partial charge < -0.3 is 15.3 Å². The molecule has 4 heteroatoms. The van der Waals surface area contributed by atoms with Gasteiger partial charge in [0.05, 0.1) is 11.8 Å². The summed E-state index contributed by atoms with van der Waals surface area (Å²) in [4.78, 5) is 0. The Morgan fingerprint density at radius 2 is 1.02 bits per heavy atom. The van der Waals surface area contributed by atoms with Crippen molar-refractivity contribution < 1.29 is 15.3 Å². The third-order valence-corrected chi connectivity index (χ3v) is 13.2. The minimum Gasteiger partial charge on any atom is -0.507 e. The van der Waals surface area contributed by atoms with Crippen LogP contribution >= 0.6 is 7.26 Å². The highest BCUT2D eigenvalue weighted by Crippen LogP contribution is 2.56. The molecule has 0 radical (unpaired) electrons. The number of benzene rings is 4. The van der Waals surface area contributed by atoms with E-state index in [4.69, 9.17) is 0 Å². The SMILES string of the molecule is Cc1c(C)c(O)c(/C=C/C(C)(O)CCCCCCC[P+](c2ccccc2)(c2ccccc2)c2ccccc2)c(C)c1O. The maximum atomic E-state index is 11.0. The molecule has 4 aromatic rings. The average Bonchev–Trinajstić information content (AvgIpc) is 3.02. The number of aliphatic hydroxyl groups is 1. The minimum absolute atomic E-state index is 0.162. The van der Waals surface area contributed by atoms with Gasteiger partial charge in [-0.2, -0.15) is 0 Å². The van der Waals surface area contributed by atoms with E-state index in [0.717, 1.165) is 38.3 Å². The molecule has 0 aliphatic rings. The van der Waals surface area contributed by atoms with E-state index in [0.29, 0.717) is 28.7 Å². The fourth-order valence-corrected chi connectivity index (χ4v) is 10.3. The summed E-state index contributed by atoms with van der Waals surface area (Å²) in [7, 11) is -1.78. The van der Waals surface area contributed by atoms with Crippen molar-refractivity contribution in [1.29, 1.82) is 0 Å². The zero-order valence-electron chi connectivity index (χ0n) is 25.6. The van der Waals surface area contributed by atoms with Crippen LogP contribution in [-0.4, -0.2) is 27.1 Å². The maximum absolute atomic E-state index is 11.0. The molecule has 0 fully saturated rings. The standard InChI is InChI=1S/C38H45O3P/c1-29-30(2)37(40)35(31(3)36(29)39)25-27-38(4,41)26-17-6-5-7-18-28-42(32-19-11-8-12-20-32,33-21-13-9-14-22-33)34-23-15-10-16-24-34/h8-16,19-25,27,41H,5-7,17-18,26,28H2,1-4H3,(H-,39,40)/p+1/b27-25+. The number of unbranched alkanes of at least 4 members (excludes halogenated alkanes) is 4. The van der Waals surface area contributed by atoms with Crippen LogP contribution in [0.5, 0.6) is 11.5 Å². The third-order valence-electron chi connectivity index (χ3n) is 8.66. The monoisotopic (exact) mass is 581 g/mol. The molecular weight excluding hydrogens is 535 g/mol. The van der Waals surface area contributed by atoms with Crippen molar-refractivity contribution in [3.63, 3.8) is 0 Å². The molecule has 0 aromatic heterocycles. The van der Waals surface area contributed by atoms with E-state index in [1.54, 1.807) is 32.9 Å².